The van der Waals surface area contributed by atoms with Crippen molar-refractivity contribution in [1.82, 2.24) is 4.90 Å². The van der Waals surface area contributed by atoms with Gasteiger partial charge in [0.2, 0.25) is 0 Å². The largest absolute Gasteiger partial charge is 0.295 e. The molecule has 2 heteroatoms. The van der Waals surface area contributed by atoms with Gasteiger partial charge in [0.25, 0.3) is 0 Å². The number of halogens is 1. The van der Waals surface area contributed by atoms with Gasteiger partial charge in [-0.25, -0.2) is 0 Å². The molecule has 0 saturated carbocycles. The molecule has 1 nitrogen and oxygen atoms in total. The van der Waals surface area contributed by atoms with Crippen molar-refractivity contribution in [2.75, 3.05) is 6.54 Å². The van der Waals surface area contributed by atoms with Gasteiger partial charge in [0, 0.05) is 24.0 Å². The Kier molecular flexibility index (Phi) is 3.24. The first kappa shape index (κ1) is 10.2. The second kappa shape index (κ2) is 4.45. The molecule has 14 heavy (non-hydrogen) atoms. The monoisotopic (exact) mass is 253 g/mol. The number of rotatable bonds is 2. The lowest BCUT2D eigenvalue weighted by molar-refractivity contribution is 0.261. The standard InChI is InChI=1S/C12H16BrN/c1-10-7-12(13)9-14(10)8-11-5-3-2-4-6-11/h2-6,10,12H,7-9H2,1H3/t10-,12-/m1/s1. The lowest BCUT2D eigenvalue weighted by atomic mass is 10.2. The van der Waals surface area contributed by atoms with Crippen LogP contribution in [0.3, 0.4) is 0 Å². The fourth-order valence-electron chi connectivity index (χ4n) is 2.07. The van der Waals surface area contributed by atoms with Crippen LogP contribution in [0.2, 0.25) is 0 Å². The second-order valence-corrected chi connectivity index (χ2v) is 5.39. The Balaban J connectivity index is 1.98. The molecular weight excluding hydrogens is 238 g/mol. The van der Waals surface area contributed by atoms with E-state index in [4.69, 9.17) is 0 Å². The van der Waals surface area contributed by atoms with Crippen LogP contribution in [0.25, 0.3) is 0 Å². The maximum Gasteiger partial charge on any atom is 0.0288 e. The third-order valence-electron chi connectivity index (χ3n) is 2.88. The van der Waals surface area contributed by atoms with Crippen molar-refractivity contribution < 1.29 is 0 Å². The highest BCUT2D eigenvalue weighted by molar-refractivity contribution is 9.09. The maximum atomic E-state index is 3.69. The van der Waals surface area contributed by atoms with Gasteiger partial charge in [-0.1, -0.05) is 46.3 Å². The highest BCUT2D eigenvalue weighted by Crippen LogP contribution is 2.24. The van der Waals surface area contributed by atoms with Crippen molar-refractivity contribution in [3.05, 3.63) is 35.9 Å². The molecule has 1 aliphatic heterocycles. The SMILES string of the molecule is C[C@@H]1C[C@@H](Br)CN1Cc1ccccc1. The van der Waals surface area contributed by atoms with Gasteiger partial charge in [0.1, 0.15) is 0 Å². The minimum atomic E-state index is 0.682. The zero-order valence-electron chi connectivity index (χ0n) is 8.49. The van der Waals surface area contributed by atoms with E-state index in [0.717, 1.165) is 6.54 Å². The van der Waals surface area contributed by atoms with Crippen molar-refractivity contribution in [2.45, 2.75) is 30.8 Å². The highest BCUT2D eigenvalue weighted by atomic mass is 79.9. The van der Waals surface area contributed by atoms with E-state index < -0.39 is 0 Å². The topological polar surface area (TPSA) is 3.24 Å². The summed E-state index contributed by atoms with van der Waals surface area (Å²) < 4.78 is 0. The number of hydrogen-bond donors (Lipinski definition) is 0. The Morgan fingerprint density at radius 1 is 1.36 bits per heavy atom. The summed E-state index contributed by atoms with van der Waals surface area (Å²) in [6.07, 6.45) is 1.27. The highest BCUT2D eigenvalue weighted by Gasteiger charge is 2.26. The molecule has 1 aromatic rings. The quantitative estimate of drug-likeness (QED) is 0.733. The Morgan fingerprint density at radius 2 is 2.07 bits per heavy atom. The first-order valence-corrected chi connectivity index (χ1v) is 6.09. The summed E-state index contributed by atoms with van der Waals surface area (Å²) in [4.78, 5) is 3.22. The minimum Gasteiger partial charge on any atom is -0.295 e. The molecule has 0 N–H and O–H groups in total. The number of likely N-dealkylation sites (tertiary alicyclic amines) is 1. The van der Waals surface area contributed by atoms with E-state index in [-0.39, 0.29) is 0 Å². The van der Waals surface area contributed by atoms with Gasteiger partial charge in [-0.15, -0.1) is 0 Å². The van der Waals surface area contributed by atoms with Crippen molar-refractivity contribution in [3.8, 4) is 0 Å². The molecule has 2 rings (SSSR count). The molecule has 1 heterocycles. The van der Waals surface area contributed by atoms with Crippen LogP contribution in [0.1, 0.15) is 18.9 Å². The maximum absolute atomic E-state index is 3.69. The molecular formula is C12H16BrN. The normalized spacial score (nSPS) is 28.1. The fraction of sp³-hybridized carbons (Fsp3) is 0.500. The smallest absolute Gasteiger partial charge is 0.0288 e. The lowest BCUT2D eigenvalue weighted by Crippen LogP contribution is -2.26. The molecule has 1 fully saturated rings. The molecule has 0 spiro atoms. The van der Waals surface area contributed by atoms with Gasteiger partial charge in [0.15, 0.2) is 0 Å². The zero-order chi connectivity index (χ0) is 9.97. The molecule has 0 bridgehead atoms. The first-order chi connectivity index (χ1) is 6.75. The van der Waals surface area contributed by atoms with Crippen molar-refractivity contribution >= 4 is 15.9 Å². The van der Waals surface area contributed by atoms with Crippen LogP contribution in [0, 0.1) is 0 Å². The van der Waals surface area contributed by atoms with E-state index in [1.807, 2.05) is 0 Å². The summed E-state index contributed by atoms with van der Waals surface area (Å²) in [5, 5.41) is 0. The Bertz CT molecular complexity index is 286. The van der Waals surface area contributed by atoms with Crippen LogP contribution in [-0.4, -0.2) is 22.3 Å². The van der Waals surface area contributed by atoms with Gasteiger partial charge in [-0.2, -0.15) is 0 Å². The molecule has 0 aliphatic carbocycles. The third kappa shape index (κ3) is 2.37. The van der Waals surface area contributed by atoms with Gasteiger partial charge < -0.3 is 0 Å². The van der Waals surface area contributed by atoms with Crippen molar-refractivity contribution in [1.29, 1.82) is 0 Å². The molecule has 1 aliphatic rings. The number of alkyl halides is 1. The minimum absolute atomic E-state index is 0.682. The predicted octanol–water partition coefficient (Wildman–Crippen LogP) is 3.04. The van der Waals surface area contributed by atoms with E-state index in [0.29, 0.717) is 10.9 Å². The van der Waals surface area contributed by atoms with E-state index in [2.05, 4.69) is 58.1 Å². The molecule has 0 unspecified atom stereocenters. The number of nitrogens with zero attached hydrogens (tertiary/aromatic N) is 1. The molecule has 2 atom stereocenters. The third-order valence-corrected chi connectivity index (χ3v) is 3.54. The van der Waals surface area contributed by atoms with Gasteiger partial charge >= 0.3 is 0 Å². The van der Waals surface area contributed by atoms with Crippen LogP contribution in [-0.2, 0) is 6.54 Å². The molecule has 76 valence electrons. The van der Waals surface area contributed by atoms with Crippen molar-refractivity contribution in [3.63, 3.8) is 0 Å². The molecule has 1 aromatic carbocycles. The molecule has 0 radical (unpaired) electrons. The average Bonchev–Trinajstić information content (AvgIpc) is 2.47. The van der Waals surface area contributed by atoms with E-state index in [1.54, 1.807) is 0 Å². The fourth-order valence-corrected chi connectivity index (χ4v) is 2.98. The molecule has 0 aromatic heterocycles. The average molecular weight is 254 g/mol. The Labute approximate surface area is 94.2 Å². The molecule has 0 amide bonds. The van der Waals surface area contributed by atoms with Gasteiger partial charge in [-0.3, -0.25) is 4.90 Å². The second-order valence-electron chi connectivity index (χ2n) is 4.10. The summed E-state index contributed by atoms with van der Waals surface area (Å²) in [5.74, 6) is 0. The Hall–Kier alpha value is -0.340. The summed E-state index contributed by atoms with van der Waals surface area (Å²) in [6, 6.07) is 11.4. The lowest BCUT2D eigenvalue weighted by Gasteiger charge is -2.20. The number of benzene rings is 1. The van der Waals surface area contributed by atoms with E-state index >= 15 is 0 Å². The predicted molar refractivity (Wildman–Crippen MR) is 63.6 cm³/mol. The van der Waals surface area contributed by atoms with Crippen LogP contribution in [0.4, 0.5) is 0 Å². The van der Waals surface area contributed by atoms with Gasteiger partial charge in [-0.05, 0) is 18.9 Å². The zero-order valence-corrected chi connectivity index (χ0v) is 10.1. The summed E-state index contributed by atoms with van der Waals surface area (Å²) in [6.45, 7) is 4.57. The van der Waals surface area contributed by atoms with Crippen LogP contribution in [0.5, 0.6) is 0 Å². The van der Waals surface area contributed by atoms with Crippen molar-refractivity contribution in [2.24, 2.45) is 0 Å². The van der Waals surface area contributed by atoms with Crippen LogP contribution in [0.15, 0.2) is 30.3 Å². The van der Waals surface area contributed by atoms with E-state index in [1.165, 1.54) is 18.5 Å². The Morgan fingerprint density at radius 3 is 2.64 bits per heavy atom. The van der Waals surface area contributed by atoms with Crippen LogP contribution >= 0.6 is 15.9 Å². The van der Waals surface area contributed by atoms with E-state index in [9.17, 15) is 0 Å². The summed E-state index contributed by atoms with van der Waals surface area (Å²) >= 11 is 3.69. The summed E-state index contributed by atoms with van der Waals surface area (Å²) in [7, 11) is 0. The number of hydrogen-bond acceptors (Lipinski definition) is 1. The molecule has 1 saturated heterocycles. The van der Waals surface area contributed by atoms with Crippen LogP contribution < -0.4 is 0 Å². The van der Waals surface area contributed by atoms with Gasteiger partial charge in [0.05, 0.1) is 0 Å². The first-order valence-electron chi connectivity index (χ1n) is 5.18. The summed E-state index contributed by atoms with van der Waals surface area (Å²) in [5.41, 5.74) is 1.42.